The Morgan fingerprint density at radius 1 is 0.882 bits per heavy atom. The molecule has 0 saturated carbocycles. The molecule has 0 bridgehead atoms. The van der Waals surface area contributed by atoms with E-state index in [1.165, 1.54) is 35.9 Å². The van der Waals surface area contributed by atoms with Crippen molar-refractivity contribution in [2.24, 2.45) is 5.92 Å². The normalized spacial score (nSPS) is 15.1. The third-order valence-corrected chi connectivity index (χ3v) is 7.38. The van der Waals surface area contributed by atoms with Crippen LogP contribution in [0.1, 0.15) is 36.2 Å². The number of para-hydroxylation sites is 2. The number of nitrogens with zero attached hydrogens (tertiary/aromatic N) is 3. The summed E-state index contributed by atoms with van der Waals surface area (Å²) in [6, 6.07) is 25.5. The summed E-state index contributed by atoms with van der Waals surface area (Å²) in [6.07, 6.45) is 4.94. The van der Waals surface area contributed by atoms with E-state index in [4.69, 9.17) is 9.72 Å². The fourth-order valence-corrected chi connectivity index (χ4v) is 5.15. The molecular formula is C29H33N3OS. The summed E-state index contributed by atoms with van der Waals surface area (Å²) >= 11 is 4.43. The Balaban J connectivity index is 1.21. The number of rotatable bonds is 8. The molecule has 176 valence electrons. The van der Waals surface area contributed by atoms with E-state index in [1.807, 2.05) is 0 Å². The molecule has 0 unspecified atom stereocenters. The van der Waals surface area contributed by atoms with E-state index in [9.17, 15) is 0 Å². The Morgan fingerprint density at radius 3 is 2.32 bits per heavy atom. The minimum absolute atomic E-state index is 0.803. The second-order valence-corrected chi connectivity index (χ2v) is 9.89. The minimum atomic E-state index is 0.803. The van der Waals surface area contributed by atoms with Crippen LogP contribution in [-0.2, 0) is 19.5 Å². The molecule has 4 nitrogen and oxygen atoms in total. The lowest BCUT2D eigenvalue weighted by atomic mass is 9.90. The number of ether oxygens (including phenoxy) is 1. The molecule has 0 amide bonds. The molecule has 0 aliphatic carbocycles. The average Bonchev–Trinajstić information content (AvgIpc) is 3.22. The molecule has 1 aliphatic heterocycles. The fraction of sp³-hybridized carbons (Fsp3) is 0.345. The third-order valence-electron chi connectivity index (χ3n) is 7.08. The highest BCUT2D eigenvalue weighted by Gasteiger charge is 2.21. The minimum Gasteiger partial charge on any atom is -0.497 e. The maximum absolute atomic E-state index is 5.27. The number of benzene rings is 3. The number of piperidine rings is 1. The Bertz CT molecular complexity index is 1210. The van der Waals surface area contributed by atoms with Gasteiger partial charge in [0.05, 0.1) is 24.7 Å². The smallest absolute Gasteiger partial charge is 0.124 e. The molecule has 0 radical (unpaired) electrons. The number of imidazole rings is 1. The van der Waals surface area contributed by atoms with Crippen molar-refractivity contribution in [3.05, 3.63) is 89.7 Å². The van der Waals surface area contributed by atoms with Crippen LogP contribution in [0.15, 0.2) is 77.7 Å². The summed E-state index contributed by atoms with van der Waals surface area (Å²) < 4.78 is 7.66. The van der Waals surface area contributed by atoms with Gasteiger partial charge in [0.15, 0.2) is 0 Å². The van der Waals surface area contributed by atoms with Gasteiger partial charge in [-0.2, -0.15) is 0 Å². The number of likely N-dealkylation sites (tertiary alicyclic amines) is 1. The zero-order chi connectivity index (χ0) is 23.3. The summed E-state index contributed by atoms with van der Waals surface area (Å²) in [4.78, 5) is 8.60. The van der Waals surface area contributed by atoms with Gasteiger partial charge in [0, 0.05) is 11.4 Å². The molecule has 0 atom stereocenters. The maximum Gasteiger partial charge on any atom is 0.124 e. The van der Waals surface area contributed by atoms with Crippen molar-refractivity contribution in [2.45, 2.75) is 43.7 Å². The van der Waals surface area contributed by atoms with Gasteiger partial charge in [-0.15, -0.1) is 12.6 Å². The van der Waals surface area contributed by atoms with Crippen LogP contribution >= 0.6 is 12.6 Å². The topological polar surface area (TPSA) is 30.3 Å². The number of aromatic nitrogens is 2. The van der Waals surface area contributed by atoms with Crippen LogP contribution in [0.4, 0.5) is 0 Å². The van der Waals surface area contributed by atoms with Crippen molar-refractivity contribution in [2.75, 3.05) is 20.2 Å². The van der Waals surface area contributed by atoms with Crippen LogP contribution in [0.5, 0.6) is 5.75 Å². The molecule has 0 spiro atoms. The highest BCUT2D eigenvalue weighted by molar-refractivity contribution is 7.80. The second kappa shape index (κ2) is 10.7. The molecule has 1 aromatic heterocycles. The van der Waals surface area contributed by atoms with E-state index in [1.54, 1.807) is 7.11 Å². The molecule has 1 aliphatic rings. The van der Waals surface area contributed by atoms with E-state index in [2.05, 4.69) is 94.9 Å². The van der Waals surface area contributed by atoms with E-state index in [-0.39, 0.29) is 0 Å². The first-order chi connectivity index (χ1) is 16.7. The number of thiol groups is 1. The third kappa shape index (κ3) is 5.48. The quantitative estimate of drug-likeness (QED) is 0.309. The Hall–Kier alpha value is -2.76. The van der Waals surface area contributed by atoms with Crippen molar-refractivity contribution in [3.8, 4) is 5.75 Å². The number of hydrogen-bond acceptors (Lipinski definition) is 4. The van der Waals surface area contributed by atoms with E-state index in [0.717, 1.165) is 60.5 Å². The lowest BCUT2D eigenvalue weighted by molar-refractivity contribution is 0.167. The molecule has 5 rings (SSSR count). The van der Waals surface area contributed by atoms with Gasteiger partial charge in [-0.1, -0.05) is 36.4 Å². The van der Waals surface area contributed by atoms with Gasteiger partial charge in [-0.25, -0.2) is 4.98 Å². The molecule has 3 aromatic carbocycles. The second-order valence-electron chi connectivity index (χ2n) is 9.38. The van der Waals surface area contributed by atoms with Crippen molar-refractivity contribution in [1.82, 2.24) is 14.5 Å². The van der Waals surface area contributed by atoms with Crippen molar-refractivity contribution in [3.63, 3.8) is 0 Å². The van der Waals surface area contributed by atoms with Crippen molar-refractivity contribution >= 4 is 23.7 Å². The lowest BCUT2D eigenvalue weighted by Crippen LogP contribution is -2.34. The van der Waals surface area contributed by atoms with Crippen molar-refractivity contribution in [1.29, 1.82) is 0 Å². The number of methoxy groups -OCH3 is 1. The molecule has 34 heavy (non-hydrogen) atoms. The van der Waals surface area contributed by atoms with E-state index >= 15 is 0 Å². The number of aryl methyl sites for hydroxylation is 1. The predicted octanol–water partition coefficient (Wildman–Crippen LogP) is 6.23. The van der Waals surface area contributed by atoms with Gasteiger partial charge >= 0.3 is 0 Å². The SMILES string of the molecule is COc1ccc(CCC2CCN(Cc3nc4ccccc4n3Cc3ccc(S)cc3)CC2)cc1. The molecule has 4 aromatic rings. The highest BCUT2D eigenvalue weighted by Crippen LogP contribution is 2.26. The summed E-state index contributed by atoms with van der Waals surface area (Å²) in [6.45, 7) is 4.03. The van der Waals surface area contributed by atoms with Gasteiger partial charge in [-0.3, -0.25) is 4.90 Å². The largest absolute Gasteiger partial charge is 0.497 e. The molecule has 5 heteroatoms. The van der Waals surface area contributed by atoms with Crippen molar-refractivity contribution < 1.29 is 4.74 Å². The summed E-state index contributed by atoms with van der Waals surface area (Å²) in [5.74, 6) is 2.89. The zero-order valence-electron chi connectivity index (χ0n) is 19.9. The molecule has 0 N–H and O–H groups in total. The Kier molecular flexibility index (Phi) is 7.21. The lowest BCUT2D eigenvalue weighted by Gasteiger charge is -2.32. The van der Waals surface area contributed by atoms with Crippen LogP contribution in [0, 0.1) is 5.92 Å². The average molecular weight is 472 g/mol. The molecule has 1 fully saturated rings. The number of hydrogen-bond donors (Lipinski definition) is 1. The van der Waals surface area contributed by atoms with Gasteiger partial charge in [0.2, 0.25) is 0 Å². The maximum atomic E-state index is 5.27. The Morgan fingerprint density at radius 2 is 1.59 bits per heavy atom. The summed E-state index contributed by atoms with van der Waals surface area (Å²) in [5, 5.41) is 0. The monoisotopic (exact) mass is 471 g/mol. The van der Waals surface area contributed by atoms with Crippen LogP contribution in [0.3, 0.4) is 0 Å². The van der Waals surface area contributed by atoms with Gasteiger partial charge in [-0.05, 0) is 92.2 Å². The first-order valence-electron chi connectivity index (χ1n) is 12.3. The molecular weight excluding hydrogens is 438 g/mol. The highest BCUT2D eigenvalue weighted by atomic mass is 32.1. The standard InChI is InChI=1S/C29H33N3OS/c1-33-25-12-8-22(9-13-25)6-7-23-16-18-31(19-17-23)21-29-30-27-4-2-3-5-28(27)32(29)20-24-10-14-26(34)15-11-24/h2-5,8-15,23,34H,6-7,16-21H2,1H3. The van der Waals surface area contributed by atoms with Gasteiger partial charge in [0.25, 0.3) is 0 Å². The van der Waals surface area contributed by atoms with Crippen LogP contribution in [0.2, 0.25) is 0 Å². The summed E-state index contributed by atoms with van der Waals surface area (Å²) in [7, 11) is 1.72. The zero-order valence-corrected chi connectivity index (χ0v) is 20.8. The molecule has 1 saturated heterocycles. The van der Waals surface area contributed by atoms with Crippen LogP contribution in [-0.4, -0.2) is 34.7 Å². The van der Waals surface area contributed by atoms with E-state index < -0.39 is 0 Å². The first-order valence-corrected chi connectivity index (χ1v) is 12.7. The molecule has 2 heterocycles. The van der Waals surface area contributed by atoms with Gasteiger partial charge in [0.1, 0.15) is 11.6 Å². The summed E-state index contributed by atoms with van der Waals surface area (Å²) in [5.41, 5.74) is 4.97. The van der Waals surface area contributed by atoms with Gasteiger partial charge < -0.3 is 9.30 Å². The first kappa shape index (κ1) is 23.0. The van der Waals surface area contributed by atoms with E-state index in [0.29, 0.717) is 0 Å². The fourth-order valence-electron chi connectivity index (χ4n) is 5.00. The van der Waals surface area contributed by atoms with Crippen LogP contribution in [0.25, 0.3) is 11.0 Å². The van der Waals surface area contributed by atoms with Crippen LogP contribution < -0.4 is 4.74 Å². The Labute approximate surface area is 208 Å². The predicted molar refractivity (Wildman–Crippen MR) is 142 cm³/mol. The number of fused-ring (bicyclic) bond motifs is 1.